The number of ether oxygens (including phenoxy) is 1. The first-order valence-corrected chi connectivity index (χ1v) is 7.60. The van der Waals surface area contributed by atoms with Gasteiger partial charge in [0.05, 0.1) is 12.3 Å². The number of aryl methyl sites for hydroxylation is 1. The molecule has 0 radical (unpaired) electrons. The van der Waals surface area contributed by atoms with Gasteiger partial charge in [0.15, 0.2) is 0 Å². The minimum Gasteiger partial charge on any atom is -0.463 e. The van der Waals surface area contributed by atoms with Crippen LogP contribution in [-0.2, 0) is 16.0 Å². The van der Waals surface area contributed by atoms with Gasteiger partial charge in [-0.15, -0.1) is 0 Å². The van der Waals surface area contributed by atoms with E-state index < -0.39 is 0 Å². The van der Waals surface area contributed by atoms with Crippen molar-refractivity contribution in [3.8, 4) is 0 Å². The molecule has 2 aromatic rings. The third kappa shape index (κ3) is 5.01. The zero-order valence-corrected chi connectivity index (χ0v) is 13.2. The van der Waals surface area contributed by atoms with Crippen LogP contribution in [0.1, 0.15) is 24.6 Å². The van der Waals surface area contributed by atoms with E-state index in [1.54, 1.807) is 13.1 Å². The first-order chi connectivity index (χ1) is 10.7. The van der Waals surface area contributed by atoms with E-state index in [9.17, 15) is 4.79 Å². The van der Waals surface area contributed by atoms with Crippen LogP contribution in [0.3, 0.4) is 0 Å². The molecule has 0 bridgehead atoms. The maximum Gasteiger partial charge on any atom is 0.331 e. The van der Waals surface area contributed by atoms with Gasteiger partial charge in [-0.2, -0.15) is 0 Å². The lowest BCUT2D eigenvalue weighted by Gasteiger charge is -2.08. The van der Waals surface area contributed by atoms with Crippen LogP contribution < -0.4 is 0 Å². The minimum absolute atomic E-state index is 0.334. The quantitative estimate of drug-likeness (QED) is 0.589. The number of hydrogen-bond donors (Lipinski definition) is 0. The van der Waals surface area contributed by atoms with Gasteiger partial charge in [0.25, 0.3) is 0 Å². The van der Waals surface area contributed by atoms with Crippen molar-refractivity contribution < 1.29 is 9.53 Å². The summed E-state index contributed by atoms with van der Waals surface area (Å²) < 4.78 is 5.00. The predicted octanol–water partition coefficient (Wildman–Crippen LogP) is 4.31. The van der Waals surface area contributed by atoms with Crippen LogP contribution in [0.5, 0.6) is 0 Å². The number of aromatic nitrogens is 1. The molecule has 0 atom stereocenters. The SMILES string of the molecule is CCOC(=O)C=C(CCc1ccc(Cl)cc1)c1ccccn1. The molecule has 0 saturated carbocycles. The van der Waals surface area contributed by atoms with Gasteiger partial charge in [-0.25, -0.2) is 4.79 Å². The predicted molar refractivity (Wildman–Crippen MR) is 88.6 cm³/mol. The summed E-state index contributed by atoms with van der Waals surface area (Å²) in [6, 6.07) is 13.4. The molecule has 2 rings (SSSR count). The van der Waals surface area contributed by atoms with Gasteiger partial charge in [0, 0.05) is 17.3 Å². The van der Waals surface area contributed by atoms with Crippen molar-refractivity contribution in [3.05, 3.63) is 71.0 Å². The van der Waals surface area contributed by atoms with Crippen LogP contribution in [-0.4, -0.2) is 17.6 Å². The van der Waals surface area contributed by atoms with E-state index in [-0.39, 0.29) is 5.97 Å². The van der Waals surface area contributed by atoms with Gasteiger partial charge in [-0.05, 0) is 55.2 Å². The number of nitrogens with zero attached hydrogens (tertiary/aromatic N) is 1. The van der Waals surface area contributed by atoms with E-state index >= 15 is 0 Å². The summed E-state index contributed by atoms with van der Waals surface area (Å²) in [6.45, 7) is 2.15. The highest BCUT2D eigenvalue weighted by atomic mass is 35.5. The lowest BCUT2D eigenvalue weighted by molar-refractivity contribution is -0.137. The number of carbonyl (C=O) groups is 1. The monoisotopic (exact) mass is 315 g/mol. The zero-order valence-electron chi connectivity index (χ0n) is 12.5. The third-order valence-corrected chi connectivity index (χ3v) is 3.42. The zero-order chi connectivity index (χ0) is 15.8. The highest BCUT2D eigenvalue weighted by Crippen LogP contribution is 2.20. The summed E-state index contributed by atoms with van der Waals surface area (Å²) >= 11 is 5.89. The van der Waals surface area contributed by atoms with E-state index in [0.717, 1.165) is 28.3 Å². The Morgan fingerprint density at radius 1 is 1.23 bits per heavy atom. The average molecular weight is 316 g/mol. The number of esters is 1. The molecule has 0 fully saturated rings. The van der Waals surface area contributed by atoms with Gasteiger partial charge < -0.3 is 4.74 Å². The Labute approximate surface area is 135 Å². The van der Waals surface area contributed by atoms with Crippen LogP contribution in [0, 0.1) is 0 Å². The number of rotatable bonds is 6. The second-order valence-corrected chi connectivity index (χ2v) is 5.20. The van der Waals surface area contributed by atoms with Crippen LogP contribution in [0.25, 0.3) is 5.57 Å². The molecular formula is C18H18ClNO2. The summed E-state index contributed by atoms with van der Waals surface area (Å²) in [5.74, 6) is -0.334. The number of hydrogen-bond acceptors (Lipinski definition) is 3. The Balaban J connectivity index is 2.14. The fourth-order valence-corrected chi connectivity index (χ4v) is 2.21. The van der Waals surface area contributed by atoms with Gasteiger partial charge in [0.2, 0.25) is 0 Å². The molecule has 0 saturated heterocycles. The molecule has 22 heavy (non-hydrogen) atoms. The van der Waals surface area contributed by atoms with E-state index in [4.69, 9.17) is 16.3 Å². The van der Waals surface area contributed by atoms with Crippen LogP contribution in [0.15, 0.2) is 54.7 Å². The molecule has 1 aromatic carbocycles. The van der Waals surface area contributed by atoms with Gasteiger partial charge >= 0.3 is 5.97 Å². The van der Waals surface area contributed by atoms with Crippen molar-refractivity contribution in [3.63, 3.8) is 0 Å². The summed E-state index contributed by atoms with van der Waals surface area (Å²) in [7, 11) is 0. The highest BCUT2D eigenvalue weighted by Gasteiger charge is 2.07. The summed E-state index contributed by atoms with van der Waals surface area (Å²) in [5.41, 5.74) is 2.83. The molecule has 1 aromatic heterocycles. The van der Waals surface area contributed by atoms with Gasteiger partial charge in [-0.1, -0.05) is 29.8 Å². The second kappa shape index (κ2) is 8.35. The Bertz CT molecular complexity index is 636. The Kier molecular flexibility index (Phi) is 6.16. The Morgan fingerprint density at radius 3 is 2.64 bits per heavy atom. The lowest BCUT2D eigenvalue weighted by atomic mass is 10.0. The molecule has 0 aliphatic carbocycles. The topological polar surface area (TPSA) is 39.2 Å². The third-order valence-electron chi connectivity index (χ3n) is 3.17. The number of allylic oxidation sites excluding steroid dienone is 1. The van der Waals surface area contributed by atoms with Crippen LogP contribution in [0.2, 0.25) is 5.02 Å². The molecule has 0 amide bonds. The second-order valence-electron chi connectivity index (χ2n) is 4.76. The molecule has 0 N–H and O–H groups in total. The molecular weight excluding hydrogens is 298 g/mol. The maximum absolute atomic E-state index is 11.7. The fraction of sp³-hybridized carbons (Fsp3) is 0.222. The van der Waals surface area contributed by atoms with Crippen molar-refractivity contribution in [1.29, 1.82) is 0 Å². The van der Waals surface area contributed by atoms with Crippen LogP contribution in [0.4, 0.5) is 0 Å². The average Bonchev–Trinajstić information content (AvgIpc) is 2.54. The highest BCUT2D eigenvalue weighted by molar-refractivity contribution is 6.30. The smallest absolute Gasteiger partial charge is 0.331 e. The number of carbonyl (C=O) groups excluding carboxylic acids is 1. The minimum atomic E-state index is -0.334. The summed E-state index contributed by atoms with van der Waals surface area (Å²) in [4.78, 5) is 16.1. The van der Waals surface area contributed by atoms with Crippen LogP contribution >= 0.6 is 11.6 Å². The number of pyridine rings is 1. The largest absolute Gasteiger partial charge is 0.463 e. The van der Waals surface area contributed by atoms with Crippen molar-refractivity contribution in [1.82, 2.24) is 4.98 Å². The number of benzene rings is 1. The fourth-order valence-electron chi connectivity index (χ4n) is 2.08. The van der Waals surface area contributed by atoms with Crippen molar-refractivity contribution in [2.75, 3.05) is 6.61 Å². The van der Waals surface area contributed by atoms with Gasteiger partial charge in [-0.3, -0.25) is 4.98 Å². The van der Waals surface area contributed by atoms with Crippen molar-refractivity contribution in [2.45, 2.75) is 19.8 Å². The molecule has 3 nitrogen and oxygen atoms in total. The molecule has 114 valence electrons. The van der Waals surface area contributed by atoms with E-state index in [2.05, 4.69) is 4.98 Å². The van der Waals surface area contributed by atoms with Crippen molar-refractivity contribution >= 4 is 23.1 Å². The normalized spacial score (nSPS) is 11.3. The molecule has 0 unspecified atom stereocenters. The molecule has 0 aliphatic heterocycles. The van der Waals surface area contributed by atoms with E-state index in [1.807, 2.05) is 42.5 Å². The first kappa shape index (κ1) is 16.2. The standard InChI is InChI=1S/C18H18ClNO2/c1-2-22-18(21)13-15(17-5-3-4-12-20-17)9-6-14-7-10-16(19)11-8-14/h3-5,7-8,10-13H,2,6,9H2,1H3. The molecule has 1 heterocycles. The number of halogens is 1. The Hall–Kier alpha value is -2.13. The molecule has 0 spiro atoms. The maximum atomic E-state index is 11.7. The molecule has 0 aliphatic rings. The van der Waals surface area contributed by atoms with E-state index in [1.165, 1.54) is 6.08 Å². The van der Waals surface area contributed by atoms with E-state index in [0.29, 0.717) is 13.0 Å². The van der Waals surface area contributed by atoms with Gasteiger partial charge in [0.1, 0.15) is 0 Å². The van der Waals surface area contributed by atoms with Crippen molar-refractivity contribution in [2.24, 2.45) is 0 Å². The summed E-state index contributed by atoms with van der Waals surface area (Å²) in [5, 5.41) is 0.718. The Morgan fingerprint density at radius 2 is 2.00 bits per heavy atom. The summed E-state index contributed by atoms with van der Waals surface area (Å²) in [6.07, 6.45) is 4.76. The molecule has 4 heteroatoms. The lowest BCUT2D eigenvalue weighted by Crippen LogP contribution is -2.02. The first-order valence-electron chi connectivity index (χ1n) is 7.22.